The van der Waals surface area contributed by atoms with E-state index in [9.17, 15) is 18.0 Å². The molecule has 1 aromatic heterocycles. The molecule has 1 aliphatic heterocycles. The summed E-state index contributed by atoms with van der Waals surface area (Å²) in [5.74, 6) is 0.585. The lowest BCUT2D eigenvalue weighted by atomic mass is 10.1. The van der Waals surface area contributed by atoms with Gasteiger partial charge in [0, 0.05) is 43.8 Å². The largest absolute Gasteiger partial charge is 0.485 e. The van der Waals surface area contributed by atoms with Crippen LogP contribution in [-0.4, -0.2) is 41.6 Å². The van der Waals surface area contributed by atoms with Gasteiger partial charge in [0.05, 0.1) is 11.1 Å². The number of aromatic nitrogens is 1. The quantitative estimate of drug-likeness (QED) is 0.196. The van der Waals surface area contributed by atoms with Crippen LogP contribution < -0.4 is 9.64 Å². The second kappa shape index (κ2) is 11.9. The fourth-order valence-corrected chi connectivity index (χ4v) is 5.66. The van der Waals surface area contributed by atoms with Crippen molar-refractivity contribution in [2.75, 3.05) is 31.1 Å². The molecule has 8 heteroatoms. The zero-order chi connectivity index (χ0) is 30.0. The molecule has 4 aromatic carbocycles. The van der Waals surface area contributed by atoms with E-state index in [0.717, 1.165) is 28.1 Å². The number of halogens is 3. The van der Waals surface area contributed by atoms with Gasteiger partial charge in [0.1, 0.15) is 17.5 Å². The molecule has 0 radical (unpaired) electrons. The van der Waals surface area contributed by atoms with Crippen LogP contribution in [0.25, 0.3) is 10.9 Å². The first-order valence-electron chi connectivity index (χ1n) is 14.4. The van der Waals surface area contributed by atoms with Crippen LogP contribution in [0.15, 0.2) is 109 Å². The van der Waals surface area contributed by atoms with Crippen LogP contribution in [0.3, 0.4) is 0 Å². The Morgan fingerprint density at radius 1 is 0.814 bits per heavy atom. The summed E-state index contributed by atoms with van der Waals surface area (Å²) in [7, 11) is 0. The van der Waals surface area contributed by atoms with Crippen molar-refractivity contribution in [1.82, 2.24) is 9.47 Å². The summed E-state index contributed by atoms with van der Waals surface area (Å²) in [4.78, 5) is 17.7. The van der Waals surface area contributed by atoms with E-state index in [1.165, 1.54) is 12.1 Å². The van der Waals surface area contributed by atoms with Gasteiger partial charge in [-0.1, -0.05) is 72.8 Å². The van der Waals surface area contributed by atoms with Crippen LogP contribution >= 0.6 is 0 Å². The summed E-state index contributed by atoms with van der Waals surface area (Å²) in [5, 5.41) is 0.854. The number of anilines is 1. The zero-order valence-corrected chi connectivity index (χ0v) is 23.8. The summed E-state index contributed by atoms with van der Waals surface area (Å²) in [6, 6.07) is 33.1. The van der Waals surface area contributed by atoms with E-state index in [-0.39, 0.29) is 12.0 Å². The van der Waals surface area contributed by atoms with Crippen molar-refractivity contribution in [2.24, 2.45) is 0 Å². The smallest absolute Gasteiger partial charge is 0.416 e. The third-order valence-electron chi connectivity index (χ3n) is 7.99. The predicted molar refractivity (Wildman–Crippen MR) is 163 cm³/mol. The van der Waals surface area contributed by atoms with Crippen molar-refractivity contribution in [3.8, 4) is 5.75 Å². The van der Waals surface area contributed by atoms with Gasteiger partial charge in [0.2, 0.25) is 0 Å². The van der Waals surface area contributed by atoms with Crippen molar-refractivity contribution >= 4 is 22.5 Å². The Labute approximate surface area is 248 Å². The molecule has 43 heavy (non-hydrogen) atoms. The number of alkyl halides is 3. The second-order valence-corrected chi connectivity index (χ2v) is 10.8. The van der Waals surface area contributed by atoms with Crippen LogP contribution in [-0.2, 0) is 12.7 Å². The first-order valence-corrected chi connectivity index (χ1v) is 14.4. The maximum Gasteiger partial charge on any atom is 0.416 e. The lowest BCUT2D eigenvalue weighted by molar-refractivity contribution is -0.137. The lowest BCUT2D eigenvalue weighted by Crippen LogP contribution is -2.49. The topological polar surface area (TPSA) is 37.7 Å². The number of nitrogens with zero attached hydrogens (tertiary/aromatic N) is 3. The van der Waals surface area contributed by atoms with Gasteiger partial charge >= 0.3 is 6.18 Å². The highest BCUT2D eigenvalue weighted by molar-refractivity contribution is 6.00. The Balaban J connectivity index is 1.28. The normalized spacial score (nSPS) is 14.6. The number of fused-ring (bicyclic) bond motifs is 1. The first-order chi connectivity index (χ1) is 20.8. The average molecular weight is 584 g/mol. The Morgan fingerprint density at radius 2 is 1.49 bits per heavy atom. The fourth-order valence-electron chi connectivity index (χ4n) is 5.66. The SMILES string of the molecule is CC(Oc1cccc2c1cc(C(=O)N1CCN(c3cccc(C(F)(F)F)c3)CC1)n2Cc1ccccc1)c1ccccc1. The molecule has 1 fully saturated rings. The van der Waals surface area contributed by atoms with E-state index in [0.29, 0.717) is 49.9 Å². The number of hydrogen-bond donors (Lipinski definition) is 0. The molecule has 5 aromatic rings. The van der Waals surface area contributed by atoms with Crippen LogP contribution in [0.1, 0.15) is 40.2 Å². The Morgan fingerprint density at radius 3 is 2.19 bits per heavy atom. The molecule has 5 nitrogen and oxygen atoms in total. The molecule has 6 rings (SSSR count). The molecule has 0 aliphatic carbocycles. The molecule has 1 atom stereocenters. The van der Waals surface area contributed by atoms with Gasteiger partial charge in [-0.25, -0.2) is 0 Å². The maximum absolute atomic E-state index is 14.1. The Kier molecular flexibility index (Phi) is 7.84. The molecule has 0 spiro atoms. The minimum Gasteiger partial charge on any atom is -0.485 e. The minimum atomic E-state index is -4.40. The number of rotatable bonds is 7. The van der Waals surface area contributed by atoms with E-state index < -0.39 is 11.7 Å². The van der Waals surface area contributed by atoms with Crippen LogP contribution in [0, 0.1) is 0 Å². The molecule has 1 aliphatic rings. The highest BCUT2D eigenvalue weighted by Gasteiger charge is 2.32. The molecule has 1 unspecified atom stereocenters. The maximum atomic E-state index is 14.1. The first kappa shape index (κ1) is 28.4. The molecule has 0 saturated carbocycles. The van der Waals surface area contributed by atoms with Gasteiger partial charge < -0.3 is 19.1 Å². The number of ether oxygens (including phenoxy) is 1. The number of carbonyl (C=O) groups is 1. The van der Waals surface area contributed by atoms with Crippen molar-refractivity contribution in [2.45, 2.75) is 25.7 Å². The highest BCUT2D eigenvalue weighted by atomic mass is 19.4. The molecular formula is C35H32F3N3O2. The second-order valence-electron chi connectivity index (χ2n) is 10.8. The third kappa shape index (κ3) is 6.09. The predicted octanol–water partition coefficient (Wildman–Crippen LogP) is 7.81. The number of benzene rings is 4. The molecule has 2 heterocycles. The van der Waals surface area contributed by atoms with Crippen molar-refractivity contribution in [1.29, 1.82) is 0 Å². The van der Waals surface area contributed by atoms with E-state index in [1.807, 2.05) is 101 Å². The number of hydrogen-bond acceptors (Lipinski definition) is 3. The van der Waals surface area contributed by atoms with Crippen molar-refractivity contribution in [3.63, 3.8) is 0 Å². The monoisotopic (exact) mass is 583 g/mol. The standard InChI is InChI=1S/C35H32F3N3O2/c1-25(27-12-6-3-7-13-27)43-33-17-9-16-31-30(33)23-32(41(31)24-26-10-4-2-5-11-26)34(42)40-20-18-39(19-21-40)29-15-8-14-28(22-29)35(36,37)38/h2-17,22-23,25H,18-21,24H2,1H3. The van der Waals surface area contributed by atoms with Crippen molar-refractivity contribution < 1.29 is 22.7 Å². The van der Waals surface area contributed by atoms with Gasteiger partial charge in [-0.2, -0.15) is 13.2 Å². The Hall–Kier alpha value is -4.72. The van der Waals surface area contributed by atoms with E-state index in [4.69, 9.17) is 4.74 Å². The molecule has 0 N–H and O–H groups in total. The summed E-state index contributed by atoms with van der Waals surface area (Å²) in [5.41, 5.74) is 3.40. The van der Waals surface area contributed by atoms with Gasteiger partial charge in [-0.3, -0.25) is 4.79 Å². The summed E-state index contributed by atoms with van der Waals surface area (Å²) >= 11 is 0. The van der Waals surface area contributed by atoms with E-state index >= 15 is 0 Å². The van der Waals surface area contributed by atoms with E-state index in [1.54, 1.807) is 11.0 Å². The number of piperazine rings is 1. The van der Waals surface area contributed by atoms with Gasteiger partial charge in [0.25, 0.3) is 5.91 Å². The van der Waals surface area contributed by atoms with Gasteiger partial charge in [-0.05, 0) is 54.4 Å². The van der Waals surface area contributed by atoms with Crippen LogP contribution in [0.5, 0.6) is 5.75 Å². The van der Waals surface area contributed by atoms with Gasteiger partial charge in [-0.15, -0.1) is 0 Å². The summed E-state index contributed by atoms with van der Waals surface area (Å²) in [6.45, 7) is 4.19. The summed E-state index contributed by atoms with van der Waals surface area (Å²) < 4.78 is 48.3. The minimum absolute atomic E-state index is 0.113. The van der Waals surface area contributed by atoms with Gasteiger partial charge in [0.15, 0.2) is 0 Å². The highest BCUT2D eigenvalue weighted by Crippen LogP contribution is 2.34. The van der Waals surface area contributed by atoms with Crippen LogP contribution in [0.4, 0.5) is 18.9 Å². The number of carbonyl (C=O) groups excluding carboxylic acids is 1. The molecule has 1 saturated heterocycles. The molecule has 1 amide bonds. The van der Waals surface area contributed by atoms with E-state index in [2.05, 4.69) is 0 Å². The third-order valence-corrected chi connectivity index (χ3v) is 7.99. The average Bonchev–Trinajstić information content (AvgIpc) is 3.40. The summed E-state index contributed by atoms with van der Waals surface area (Å²) in [6.07, 6.45) is -4.59. The number of amides is 1. The molecule has 0 bridgehead atoms. The van der Waals surface area contributed by atoms with Crippen molar-refractivity contribution in [3.05, 3.63) is 132 Å². The molecular weight excluding hydrogens is 551 g/mol. The Bertz CT molecular complexity index is 1710. The molecule has 220 valence electrons. The fraction of sp³-hybridized carbons (Fsp3) is 0.229. The lowest BCUT2D eigenvalue weighted by Gasteiger charge is -2.36. The zero-order valence-electron chi connectivity index (χ0n) is 23.8. The van der Waals surface area contributed by atoms with Crippen LogP contribution in [0.2, 0.25) is 0 Å².